The van der Waals surface area contributed by atoms with E-state index in [-0.39, 0.29) is 11.4 Å². The lowest BCUT2D eigenvalue weighted by Crippen LogP contribution is -2.28. The molecular weight excluding hydrogens is 272 g/mol. The zero-order valence-corrected chi connectivity index (χ0v) is 12.1. The van der Waals surface area contributed by atoms with Gasteiger partial charge in [0, 0.05) is 34.5 Å². The Bertz CT molecular complexity index is 541. The molecule has 0 heterocycles. The minimum atomic E-state index is -3.55. The zero-order valence-electron chi connectivity index (χ0n) is 10.5. The Labute approximate surface area is 110 Å². The van der Waals surface area contributed by atoms with Gasteiger partial charge in [0.15, 0.2) is 0 Å². The number of nitrogens with two attached hydrogens (primary N) is 1. The summed E-state index contributed by atoms with van der Waals surface area (Å²) < 4.78 is 37.6. The van der Waals surface area contributed by atoms with Crippen molar-refractivity contribution in [3.63, 3.8) is 0 Å². The van der Waals surface area contributed by atoms with Gasteiger partial charge in [0.05, 0.1) is 4.90 Å². The summed E-state index contributed by atoms with van der Waals surface area (Å²) in [4.78, 5) is 0.207. The average molecular weight is 290 g/mol. The molecule has 1 atom stereocenters. The van der Waals surface area contributed by atoms with Gasteiger partial charge in [0.25, 0.3) is 0 Å². The highest BCUT2D eigenvalue weighted by atomic mass is 32.2. The normalized spacial score (nSPS) is 13.4. The first-order valence-corrected chi connectivity index (χ1v) is 8.54. The van der Waals surface area contributed by atoms with E-state index in [0.29, 0.717) is 22.8 Å². The Balaban J connectivity index is 2.77. The minimum absolute atomic E-state index is 0.173. The molecule has 7 heteroatoms. The molecule has 0 aliphatic rings. The van der Waals surface area contributed by atoms with Crippen molar-refractivity contribution >= 4 is 26.5 Å². The molecule has 3 N–H and O–H groups in total. The Morgan fingerprint density at radius 3 is 2.61 bits per heavy atom. The van der Waals surface area contributed by atoms with Gasteiger partial charge in [0.2, 0.25) is 10.0 Å². The maximum Gasteiger partial charge on any atom is 0.240 e. The van der Waals surface area contributed by atoms with Crippen LogP contribution in [0.25, 0.3) is 0 Å². The van der Waals surface area contributed by atoms with Crippen molar-refractivity contribution in [2.45, 2.75) is 18.7 Å². The van der Waals surface area contributed by atoms with Crippen LogP contribution in [0.2, 0.25) is 0 Å². The van der Waals surface area contributed by atoms with Crippen LogP contribution in [0.5, 0.6) is 0 Å². The van der Waals surface area contributed by atoms with E-state index >= 15 is 0 Å². The van der Waals surface area contributed by atoms with Crippen LogP contribution in [-0.2, 0) is 20.8 Å². The topological polar surface area (TPSA) is 89.3 Å². The van der Waals surface area contributed by atoms with Gasteiger partial charge in [-0.3, -0.25) is 4.21 Å². The summed E-state index contributed by atoms with van der Waals surface area (Å²) in [6.45, 7) is 3.66. The highest BCUT2D eigenvalue weighted by Crippen LogP contribution is 2.17. The predicted molar refractivity (Wildman–Crippen MR) is 74.3 cm³/mol. The van der Waals surface area contributed by atoms with Crippen LogP contribution in [0.4, 0.5) is 5.69 Å². The lowest BCUT2D eigenvalue weighted by molar-refractivity contribution is 0.583. The van der Waals surface area contributed by atoms with E-state index in [1.54, 1.807) is 26.0 Å². The Kier molecular flexibility index (Phi) is 5.30. The lowest BCUT2D eigenvalue weighted by atomic mass is 10.2. The molecule has 0 aliphatic carbocycles. The van der Waals surface area contributed by atoms with E-state index in [1.165, 1.54) is 6.07 Å². The first kappa shape index (κ1) is 15.1. The number of nitrogens with one attached hydrogen (secondary N) is 1. The molecule has 0 saturated carbocycles. The lowest BCUT2D eigenvalue weighted by Gasteiger charge is -2.09. The number of nitrogen functional groups attached to an aromatic ring is 1. The quantitative estimate of drug-likeness (QED) is 0.752. The average Bonchev–Trinajstić information content (AvgIpc) is 2.27. The maximum absolute atomic E-state index is 12.0. The standard InChI is InChI=1S/C11H18N2O3S2/c1-3-17(14)7-6-13-18(15,16)11-5-4-10(12)8-9(11)2/h4-5,8,13H,3,6-7,12H2,1-2H3. The molecule has 1 rings (SSSR count). The highest BCUT2D eigenvalue weighted by molar-refractivity contribution is 7.89. The fraction of sp³-hybridized carbons (Fsp3) is 0.455. The molecule has 0 spiro atoms. The summed E-state index contributed by atoms with van der Waals surface area (Å²) in [5, 5.41) is 0. The third kappa shape index (κ3) is 4.08. The first-order valence-electron chi connectivity index (χ1n) is 5.57. The number of aryl methyl sites for hydroxylation is 1. The van der Waals surface area contributed by atoms with Crippen molar-refractivity contribution < 1.29 is 12.6 Å². The third-order valence-electron chi connectivity index (χ3n) is 2.43. The maximum atomic E-state index is 12.0. The fourth-order valence-electron chi connectivity index (χ4n) is 1.49. The van der Waals surface area contributed by atoms with E-state index in [4.69, 9.17) is 5.73 Å². The minimum Gasteiger partial charge on any atom is -0.399 e. The molecule has 1 aromatic rings. The largest absolute Gasteiger partial charge is 0.399 e. The molecule has 0 amide bonds. The molecule has 0 bridgehead atoms. The van der Waals surface area contributed by atoms with Gasteiger partial charge in [-0.1, -0.05) is 6.92 Å². The van der Waals surface area contributed by atoms with Gasteiger partial charge < -0.3 is 5.73 Å². The van der Waals surface area contributed by atoms with E-state index < -0.39 is 20.8 Å². The molecule has 1 unspecified atom stereocenters. The summed E-state index contributed by atoms with van der Waals surface area (Å²) in [5.74, 6) is 0.854. The number of benzene rings is 1. The number of hydrogen-bond donors (Lipinski definition) is 2. The molecule has 102 valence electrons. The van der Waals surface area contributed by atoms with Crippen molar-refractivity contribution in [1.29, 1.82) is 0 Å². The molecule has 1 aromatic carbocycles. The van der Waals surface area contributed by atoms with E-state index in [2.05, 4.69) is 4.72 Å². The molecule has 0 saturated heterocycles. The van der Waals surface area contributed by atoms with Crippen LogP contribution in [0.3, 0.4) is 0 Å². The SMILES string of the molecule is CCS(=O)CCNS(=O)(=O)c1ccc(N)cc1C. The summed E-state index contributed by atoms with van der Waals surface area (Å²) in [6.07, 6.45) is 0. The molecule has 0 fully saturated rings. The highest BCUT2D eigenvalue weighted by Gasteiger charge is 2.16. The van der Waals surface area contributed by atoms with Crippen molar-refractivity contribution in [3.05, 3.63) is 23.8 Å². The number of hydrogen-bond acceptors (Lipinski definition) is 4. The smallest absolute Gasteiger partial charge is 0.240 e. The van der Waals surface area contributed by atoms with Crippen molar-refractivity contribution in [3.8, 4) is 0 Å². The first-order chi connectivity index (χ1) is 8.36. The molecular formula is C11H18N2O3S2. The molecule has 18 heavy (non-hydrogen) atoms. The van der Waals surface area contributed by atoms with Gasteiger partial charge in [-0.2, -0.15) is 0 Å². The summed E-state index contributed by atoms with van der Waals surface area (Å²) in [7, 11) is -4.53. The Morgan fingerprint density at radius 1 is 1.39 bits per heavy atom. The summed E-state index contributed by atoms with van der Waals surface area (Å²) in [6, 6.07) is 4.63. The predicted octanol–water partition coefficient (Wildman–Crippen LogP) is 0.624. The molecule has 0 aromatic heterocycles. The number of rotatable bonds is 6. The van der Waals surface area contributed by atoms with Crippen LogP contribution in [0.1, 0.15) is 12.5 Å². The fourth-order valence-corrected chi connectivity index (χ4v) is 3.49. The van der Waals surface area contributed by atoms with E-state index in [0.717, 1.165) is 0 Å². The van der Waals surface area contributed by atoms with Gasteiger partial charge >= 0.3 is 0 Å². The van der Waals surface area contributed by atoms with Crippen molar-refractivity contribution in [1.82, 2.24) is 4.72 Å². The second kappa shape index (κ2) is 6.31. The second-order valence-electron chi connectivity index (χ2n) is 3.86. The van der Waals surface area contributed by atoms with Crippen LogP contribution in [0.15, 0.2) is 23.1 Å². The van der Waals surface area contributed by atoms with E-state index in [1.807, 2.05) is 0 Å². The van der Waals surface area contributed by atoms with Gasteiger partial charge in [-0.25, -0.2) is 13.1 Å². The monoisotopic (exact) mass is 290 g/mol. The Morgan fingerprint density at radius 2 is 2.06 bits per heavy atom. The third-order valence-corrected chi connectivity index (χ3v) is 5.36. The zero-order chi connectivity index (χ0) is 13.8. The number of anilines is 1. The van der Waals surface area contributed by atoms with Crippen molar-refractivity contribution in [2.24, 2.45) is 0 Å². The molecule has 0 radical (unpaired) electrons. The van der Waals surface area contributed by atoms with Gasteiger partial charge in [-0.15, -0.1) is 0 Å². The van der Waals surface area contributed by atoms with Crippen LogP contribution >= 0.6 is 0 Å². The van der Waals surface area contributed by atoms with Crippen LogP contribution in [-0.4, -0.2) is 30.7 Å². The van der Waals surface area contributed by atoms with Crippen LogP contribution < -0.4 is 10.5 Å². The van der Waals surface area contributed by atoms with Gasteiger partial charge in [-0.05, 0) is 30.7 Å². The van der Waals surface area contributed by atoms with Crippen molar-refractivity contribution in [2.75, 3.05) is 23.8 Å². The van der Waals surface area contributed by atoms with Gasteiger partial charge in [0.1, 0.15) is 0 Å². The summed E-state index contributed by atoms with van der Waals surface area (Å²) >= 11 is 0. The van der Waals surface area contributed by atoms with E-state index in [9.17, 15) is 12.6 Å². The molecule has 0 aliphatic heterocycles. The van der Waals surface area contributed by atoms with Crippen LogP contribution in [0, 0.1) is 6.92 Å². The Hall–Kier alpha value is -0.920. The second-order valence-corrected chi connectivity index (χ2v) is 7.46. The summed E-state index contributed by atoms with van der Waals surface area (Å²) in [5.41, 5.74) is 6.70. The molecule has 5 nitrogen and oxygen atoms in total. The number of sulfonamides is 1.